The summed E-state index contributed by atoms with van der Waals surface area (Å²) in [6.07, 6.45) is 0.348. The summed E-state index contributed by atoms with van der Waals surface area (Å²) in [6, 6.07) is 14.8. The van der Waals surface area contributed by atoms with Crippen molar-refractivity contribution in [1.82, 2.24) is 5.32 Å². The second-order valence-corrected chi connectivity index (χ2v) is 7.59. The largest absolute Gasteiger partial charge is 0.352 e. The van der Waals surface area contributed by atoms with E-state index in [0.29, 0.717) is 18.7 Å². The number of sulfonamides is 1. The molecule has 1 amide bonds. The van der Waals surface area contributed by atoms with Gasteiger partial charge in [-0.05, 0) is 42.7 Å². The number of hydrogen-bond donors (Lipinski definition) is 2. The van der Waals surface area contributed by atoms with E-state index >= 15 is 0 Å². The van der Waals surface area contributed by atoms with Gasteiger partial charge in [-0.1, -0.05) is 36.4 Å². The van der Waals surface area contributed by atoms with E-state index in [1.54, 1.807) is 31.2 Å². The van der Waals surface area contributed by atoms with Gasteiger partial charge in [0.1, 0.15) is 0 Å². The third-order valence-corrected chi connectivity index (χ3v) is 5.02. The molecule has 2 aromatic rings. The van der Waals surface area contributed by atoms with Gasteiger partial charge < -0.3 is 5.32 Å². The third kappa shape index (κ3) is 5.38. The van der Waals surface area contributed by atoms with Crippen molar-refractivity contribution in [3.8, 4) is 0 Å². The number of hydrogen-bond acceptors (Lipinski definition) is 3. The Balaban J connectivity index is 1.88. The van der Waals surface area contributed by atoms with Crippen molar-refractivity contribution in [2.75, 3.05) is 10.5 Å². The van der Waals surface area contributed by atoms with Gasteiger partial charge in [0, 0.05) is 12.2 Å². The molecule has 0 fully saturated rings. The molecule has 2 rings (SSSR count). The molecule has 6 heteroatoms. The number of aryl methyl sites for hydroxylation is 1. The summed E-state index contributed by atoms with van der Waals surface area (Å²) in [6.45, 7) is 3.98. The number of amides is 1. The third-order valence-electron chi connectivity index (χ3n) is 3.71. The number of benzene rings is 2. The average Bonchev–Trinajstić information content (AvgIpc) is 2.56. The molecule has 24 heavy (non-hydrogen) atoms. The Hall–Kier alpha value is -2.34. The van der Waals surface area contributed by atoms with Crippen LogP contribution in [0.2, 0.25) is 0 Å². The Morgan fingerprint density at radius 1 is 1.04 bits per heavy atom. The minimum Gasteiger partial charge on any atom is -0.352 e. The van der Waals surface area contributed by atoms with Crippen LogP contribution in [0.1, 0.15) is 23.6 Å². The molecule has 0 heterocycles. The molecule has 0 saturated heterocycles. The predicted molar refractivity (Wildman–Crippen MR) is 96.3 cm³/mol. The summed E-state index contributed by atoms with van der Waals surface area (Å²) in [5.41, 5.74) is 3.54. The van der Waals surface area contributed by atoms with Crippen LogP contribution in [0.5, 0.6) is 0 Å². The first-order chi connectivity index (χ1) is 11.4. The van der Waals surface area contributed by atoms with Crippen LogP contribution in [0.4, 0.5) is 5.69 Å². The molecule has 0 radical (unpaired) electrons. The van der Waals surface area contributed by atoms with Crippen LogP contribution in [0.3, 0.4) is 0 Å². The normalized spacial score (nSPS) is 11.1. The monoisotopic (exact) mass is 346 g/mol. The van der Waals surface area contributed by atoms with E-state index in [4.69, 9.17) is 0 Å². The standard InChI is InChI=1S/C18H22N2O3S/c1-3-24(22,23)20-17-10-8-15(9-11-17)13-19-18(21)12-16-7-5-4-6-14(16)2/h4-11,20H,3,12-13H2,1-2H3,(H,19,21). The van der Waals surface area contributed by atoms with E-state index in [-0.39, 0.29) is 11.7 Å². The topological polar surface area (TPSA) is 75.3 Å². The summed E-state index contributed by atoms with van der Waals surface area (Å²) in [5, 5.41) is 2.88. The van der Waals surface area contributed by atoms with E-state index in [9.17, 15) is 13.2 Å². The molecule has 5 nitrogen and oxygen atoms in total. The zero-order chi connectivity index (χ0) is 17.6. The molecule has 0 aliphatic heterocycles. The molecule has 2 N–H and O–H groups in total. The first kappa shape index (κ1) is 18.0. The Labute approximate surface area is 143 Å². The van der Waals surface area contributed by atoms with Gasteiger partial charge in [-0.3, -0.25) is 9.52 Å². The number of carbonyl (C=O) groups is 1. The zero-order valence-corrected chi connectivity index (χ0v) is 14.7. The number of carbonyl (C=O) groups excluding carboxylic acids is 1. The van der Waals surface area contributed by atoms with E-state index in [1.165, 1.54) is 0 Å². The van der Waals surface area contributed by atoms with Crippen LogP contribution in [-0.2, 0) is 27.8 Å². The maximum Gasteiger partial charge on any atom is 0.232 e. The van der Waals surface area contributed by atoms with Crippen LogP contribution in [0.15, 0.2) is 48.5 Å². The SMILES string of the molecule is CCS(=O)(=O)Nc1ccc(CNC(=O)Cc2ccccc2C)cc1. The van der Waals surface area contributed by atoms with Crippen molar-refractivity contribution >= 4 is 21.6 Å². The second-order valence-electron chi connectivity index (χ2n) is 5.58. The molecule has 0 atom stereocenters. The second kappa shape index (κ2) is 7.97. The minimum atomic E-state index is -3.27. The van der Waals surface area contributed by atoms with Crippen molar-refractivity contribution in [3.05, 3.63) is 65.2 Å². The van der Waals surface area contributed by atoms with E-state index in [1.807, 2.05) is 31.2 Å². The fourth-order valence-electron chi connectivity index (χ4n) is 2.19. The maximum atomic E-state index is 12.0. The molecule has 0 unspecified atom stereocenters. The summed E-state index contributed by atoms with van der Waals surface area (Å²) in [5.74, 6) is -0.0101. The highest BCUT2D eigenvalue weighted by atomic mass is 32.2. The summed E-state index contributed by atoms with van der Waals surface area (Å²) in [7, 11) is -3.27. The molecule has 128 valence electrons. The van der Waals surface area contributed by atoms with Gasteiger partial charge in [-0.15, -0.1) is 0 Å². The van der Waals surface area contributed by atoms with Crippen LogP contribution in [0.25, 0.3) is 0 Å². The first-order valence-corrected chi connectivity index (χ1v) is 9.45. The molecule has 0 saturated carbocycles. The zero-order valence-electron chi connectivity index (χ0n) is 13.9. The Bertz CT molecular complexity index is 799. The molecule has 0 bridgehead atoms. The molecular formula is C18H22N2O3S. The highest BCUT2D eigenvalue weighted by Crippen LogP contribution is 2.12. The lowest BCUT2D eigenvalue weighted by Crippen LogP contribution is -2.24. The minimum absolute atomic E-state index is 0.0315. The Kier molecular flexibility index (Phi) is 5.98. The lowest BCUT2D eigenvalue weighted by molar-refractivity contribution is -0.120. The lowest BCUT2D eigenvalue weighted by atomic mass is 10.1. The van der Waals surface area contributed by atoms with Gasteiger partial charge >= 0.3 is 0 Å². The van der Waals surface area contributed by atoms with Crippen LogP contribution < -0.4 is 10.0 Å². The van der Waals surface area contributed by atoms with Crippen molar-refractivity contribution in [3.63, 3.8) is 0 Å². The van der Waals surface area contributed by atoms with Crippen molar-refractivity contribution in [2.45, 2.75) is 26.8 Å². The molecule has 0 aromatic heterocycles. The van der Waals surface area contributed by atoms with Gasteiger partial charge in [-0.2, -0.15) is 0 Å². The highest BCUT2D eigenvalue weighted by molar-refractivity contribution is 7.92. The van der Waals surface area contributed by atoms with E-state index in [0.717, 1.165) is 16.7 Å². The summed E-state index contributed by atoms with van der Waals surface area (Å²) in [4.78, 5) is 12.0. The van der Waals surface area contributed by atoms with E-state index < -0.39 is 10.0 Å². The van der Waals surface area contributed by atoms with Gasteiger partial charge in [0.15, 0.2) is 0 Å². The number of anilines is 1. The van der Waals surface area contributed by atoms with Crippen molar-refractivity contribution < 1.29 is 13.2 Å². The number of nitrogens with one attached hydrogen (secondary N) is 2. The molecule has 2 aromatic carbocycles. The Morgan fingerprint density at radius 2 is 1.71 bits per heavy atom. The average molecular weight is 346 g/mol. The van der Waals surface area contributed by atoms with Gasteiger partial charge in [-0.25, -0.2) is 8.42 Å². The maximum absolute atomic E-state index is 12.0. The summed E-state index contributed by atoms with van der Waals surface area (Å²) < 4.78 is 25.5. The van der Waals surface area contributed by atoms with Crippen LogP contribution in [0, 0.1) is 6.92 Å². The van der Waals surface area contributed by atoms with E-state index in [2.05, 4.69) is 10.0 Å². The van der Waals surface area contributed by atoms with Crippen molar-refractivity contribution in [1.29, 1.82) is 0 Å². The predicted octanol–water partition coefficient (Wildman–Crippen LogP) is 2.62. The molecule has 0 aliphatic carbocycles. The molecule has 0 spiro atoms. The molecule has 0 aliphatic rings. The fourth-order valence-corrected chi connectivity index (χ4v) is 2.83. The van der Waals surface area contributed by atoms with Crippen molar-refractivity contribution in [2.24, 2.45) is 0 Å². The number of rotatable bonds is 7. The lowest BCUT2D eigenvalue weighted by Gasteiger charge is -2.09. The fraction of sp³-hybridized carbons (Fsp3) is 0.278. The summed E-state index contributed by atoms with van der Waals surface area (Å²) >= 11 is 0. The highest BCUT2D eigenvalue weighted by Gasteiger charge is 2.07. The smallest absolute Gasteiger partial charge is 0.232 e. The Morgan fingerprint density at radius 3 is 2.33 bits per heavy atom. The first-order valence-electron chi connectivity index (χ1n) is 7.80. The quantitative estimate of drug-likeness (QED) is 0.809. The van der Waals surface area contributed by atoms with Crippen LogP contribution >= 0.6 is 0 Å². The van der Waals surface area contributed by atoms with Gasteiger partial charge in [0.25, 0.3) is 0 Å². The van der Waals surface area contributed by atoms with Gasteiger partial charge in [0.05, 0.1) is 12.2 Å². The van der Waals surface area contributed by atoms with Gasteiger partial charge in [0.2, 0.25) is 15.9 Å². The molecular weight excluding hydrogens is 324 g/mol. The van der Waals surface area contributed by atoms with Crippen LogP contribution in [-0.4, -0.2) is 20.1 Å².